The molecule has 3 aromatic rings. The minimum Gasteiger partial charge on any atom is -0.386 e. The van der Waals surface area contributed by atoms with Crippen LogP contribution in [0.4, 0.5) is 5.82 Å². The Labute approximate surface area is 140 Å². The summed E-state index contributed by atoms with van der Waals surface area (Å²) in [6.45, 7) is 4.25. The van der Waals surface area contributed by atoms with E-state index in [0.29, 0.717) is 18.2 Å². The van der Waals surface area contributed by atoms with Crippen LogP contribution < -0.4 is 5.32 Å². The fourth-order valence-electron chi connectivity index (χ4n) is 2.35. The summed E-state index contributed by atoms with van der Waals surface area (Å²) in [7, 11) is 1.82. The lowest BCUT2D eigenvalue weighted by Crippen LogP contribution is -2.14. The van der Waals surface area contributed by atoms with Crippen LogP contribution in [0.25, 0.3) is 11.4 Å². The van der Waals surface area contributed by atoms with E-state index in [-0.39, 0.29) is 0 Å². The predicted molar refractivity (Wildman–Crippen MR) is 91.4 cm³/mol. The highest BCUT2D eigenvalue weighted by molar-refractivity contribution is 5.58. The second kappa shape index (κ2) is 6.76. The van der Waals surface area contributed by atoms with E-state index in [1.807, 2.05) is 33.0 Å². The first-order valence-corrected chi connectivity index (χ1v) is 7.70. The Hall–Kier alpha value is -2.80. The monoisotopic (exact) mass is 324 g/mol. The quantitative estimate of drug-likeness (QED) is 0.746. The van der Waals surface area contributed by atoms with Gasteiger partial charge in [0.25, 0.3) is 0 Å². The Kier molecular flexibility index (Phi) is 4.52. The predicted octanol–water partition coefficient (Wildman–Crippen LogP) is 2.03. The molecule has 2 N–H and O–H groups in total. The topological polar surface area (TPSA) is 88.8 Å². The number of pyridine rings is 1. The van der Waals surface area contributed by atoms with Crippen LogP contribution in [0.15, 0.2) is 36.9 Å². The van der Waals surface area contributed by atoms with Crippen molar-refractivity contribution in [1.29, 1.82) is 0 Å². The number of rotatable bonds is 5. The molecule has 7 nitrogen and oxygen atoms in total. The second-order valence-corrected chi connectivity index (χ2v) is 5.69. The molecule has 1 atom stereocenters. The van der Waals surface area contributed by atoms with E-state index in [1.54, 1.807) is 29.5 Å². The minimum atomic E-state index is -0.657. The van der Waals surface area contributed by atoms with Gasteiger partial charge in [0.15, 0.2) is 5.82 Å². The largest absolute Gasteiger partial charge is 0.386 e. The molecule has 0 saturated carbocycles. The third kappa shape index (κ3) is 3.41. The number of nitrogens with zero attached hydrogens (tertiary/aromatic N) is 5. The molecule has 0 saturated heterocycles. The van der Waals surface area contributed by atoms with Crippen LogP contribution in [0, 0.1) is 13.8 Å². The molecule has 7 heteroatoms. The smallest absolute Gasteiger partial charge is 0.163 e. The van der Waals surface area contributed by atoms with Gasteiger partial charge in [0.1, 0.15) is 5.82 Å². The molecule has 0 amide bonds. The average Bonchev–Trinajstić information content (AvgIpc) is 3.03. The first kappa shape index (κ1) is 16.1. The number of aryl methyl sites for hydroxylation is 2. The van der Waals surface area contributed by atoms with Gasteiger partial charge in [-0.05, 0) is 26.0 Å². The van der Waals surface area contributed by atoms with Crippen LogP contribution in [0.3, 0.4) is 0 Å². The van der Waals surface area contributed by atoms with Gasteiger partial charge in [-0.25, -0.2) is 9.97 Å². The lowest BCUT2D eigenvalue weighted by molar-refractivity contribution is 0.191. The molecule has 0 bridgehead atoms. The van der Waals surface area contributed by atoms with Crippen molar-refractivity contribution in [1.82, 2.24) is 24.7 Å². The summed E-state index contributed by atoms with van der Waals surface area (Å²) in [6.07, 6.45) is 6.25. The summed E-state index contributed by atoms with van der Waals surface area (Å²) in [4.78, 5) is 13.2. The van der Waals surface area contributed by atoms with Gasteiger partial charge in [-0.3, -0.25) is 9.67 Å². The summed E-state index contributed by atoms with van der Waals surface area (Å²) in [5, 5.41) is 17.6. The van der Waals surface area contributed by atoms with Crippen LogP contribution >= 0.6 is 0 Å². The summed E-state index contributed by atoms with van der Waals surface area (Å²) < 4.78 is 1.67. The van der Waals surface area contributed by atoms with Crippen molar-refractivity contribution >= 4 is 5.82 Å². The fraction of sp³-hybridized carbons (Fsp3) is 0.294. The fourth-order valence-corrected chi connectivity index (χ4v) is 2.35. The van der Waals surface area contributed by atoms with E-state index in [9.17, 15) is 5.11 Å². The van der Waals surface area contributed by atoms with Gasteiger partial charge < -0.3 is 10.4 Å². The molecular formula is C17H20N6O. The van der Waals surface area contributed by atoms with Gasteiger partial charge in [-0.1, -0.05) is 0 Å². The van der Waals surface area contributed by atoms with Crippen LogP contribution in [0.5, 0.6) is 0 Å². The highest BCUT2D eigenvalue weighted by Crippen LogP contribution is 2.22. The number of aromatic nitrogens is 5. The highest BCUT2D eigenvalue weighted by Gasteiger charge is 2.13. The van der Waals surface area contributed by atoms with Gasteiger partial charge >= 0.3 is 0 Å². The molecular weight excluding hydrogens is 304 g/mol. The van der Waals surface area contributed by atoms with Crippen molar-refractivity contribution in [3.63, 3.8) is 0 Å². The van der Waals surface area contributed by atoms with Crippen molar-refractivity contribution in [3.05, 3.63) is 53.7 Å². The van der Waals surface area contributed by atoms with Gasteiger partial charge in [0, 0.05) is 54.6 Å². The van der Waals surface area contributed by atoms with Crippen LogP contribution in [-0.4, -0.2) is 36.4 Å². The molecule has 1 unspecified atom stereocenters. The molecule has 0 aromatic carbocycles. The SMILES string of the molecule is Cc1nc(-c2cccnc2)nc(NCC(O)c2cnn(C)c2)c1C. The molecule has 124 valence electrons. The van der Waals surface area contributed by atoms with Gasteiger partial charge in [0.2, 0.25) is 0 Å². The molecule has 0 aliphatic carbocycles. The van der Waals surface area contributed by atoms with Gasteiger partial charge in [-0.2, -0.15) is 5.10 Å². The van der Waals surface area contributed by atoms with Crippen LogP contribution in [0.2, 0.25) is 0 Å². The van der Waals surface area contributed by atoms with E-state index in [4.69, 9.17) is 0 Å². The van der Waals surface area contributed by atoms with Crippen molar-refractivity contribution < 1.29 is 5.11 Å². The zero-order chi connectivity index (χ0) is 17.1. The standard InChI is InChI=1S/C17H20N6O/c1-11-12(2)21-17(13-5-4-6-18-7-13)22-16(11)19-9-15(24)14-8-20-23(3)10-14/h4-8,10,15,24H,9H2,1-3H3,(H,19,21,22). The van der Waals surface area contributed by atoms with Crippen molar-refractivity contribution in [3.8, 4) is 11.4 Å². The second-order valence-electron chi connectivity index (χ2n) is 5.69. The molecule has 0 aliphatic heterocycles. The number of hydrogen-bond donors (Lipinski definition) is 2. The first-order valence-electron chi connectivity index (χ1n) is 7.70. The van der Waals surface area contributed by atoms with E-state index < -0.39 is 6.10 Å². The Morgan fingerprint density at radius 3 is 2.75 bits per heavy atom. The number of anilines is 1. The average molecular weight is 324 g/mol. The molecule has 3 aromatic heterocycles. The zero-order valence-corrected chi connectivity index (χ0v) is 13.9. The van der Waals surface area contributed by atoms with Crippen LogP contribution in [-0.2, 0) is 7.05 Å². The van der Waals surface area contributed by atoms with Crippen LogP contribution in [0.1, 0.15) is 22.9 Å². The van der Waals surface area contributed by atoms with Crippen molar-refractivity contribution in [2.45, 2.75) is 20.0 Å². The Bertz CT molecular complexity index is 830. The Morgan fingerprint density at radius 1 is 1.25 bits per heavy atom. The maximum Gasteiger partial charge on any atom is 0.163 e. The molecule has 0 spiro atoms. The maximum atomic E-state index is 10.3. The number of hydrogen-bond acceptors (Lipinski definition) is 6. The Morgan fingerprint density at radius 2 is 2.08 bits per heavy atom. The molecule has 3 heterocycles. The van der Waals surface area contributed by atoms with E-state index in [0.717, 1.165) is 22.4 Å². The van der Waals surface area contributed by atoms with Gasteiger partial charge in [-0.15, -0.1) is 0 Å². The summed E-state index contributed by atoms with van der Waals surface area (Å²) in [5.41, 5.74) is 3.47. The first-order chi connectivity index (χ1) is 11.5. The van der Waals surface area contributed by atoms with Crippen molar-refractivity contribution in [2.24, 2.45) is 7.05 Å². The molecule has 0 radical (unpaired) electrons. The number of aliphatic hydroxyl groups excluding tert-OH is 1. The third-order valence-electron chi connectivity index (χ3n) is 3.88. The number of aliphatic hydroxyl groups is 1. The minimum absolute atomic E-state index is 0.343. The van der Waals surface area contributed by atoms with E-state index in [2.05, 4.69) is 25.4 Å². The Balaban J connectivity index is 1.81. The molecule has 0 fully saturated rings. The maximum absolute atomic E-state index is 10.3. The summed E-state index contributed by atoms with van der Waals surface area (Å²) >= 11 is 0. The molecule has 3 rings (SSSR count). The van der Waals surface area contributed by atoms with Crippen molar-refractivity contribution in [2.75, 3.05) is 11.9 Å². The summed E-state index contributed by atoms with van der Waals surface area (Å²) in [5.74, 6) is 1.33. The van der Waals surface area contributed by atoms with E-state index in [1.165, 1.54) is 0 Å². The summed E-state index contributed by atoms with van der Waals surface area (Å²) in [6, 6.07) is 3.78. The number of nitrogens with one attached hydrogen (secondary N) is 1. The zero-order valence-electron chi connectivity index (χ0n) is 13.9. The van der Waals surface area contributed by atoms with Gasteiger partial charge in [0.05, 0.1) is 12.3 Å². The molecule has 24 heavy (non-hydrogen) atoms. The van der Waals surface area contributed by atoms with E-state index >= 15 is 0 Å². The third-order valence-corrected chi connectivity index (χ3v) is 3.88. The molecule has 0 aliphatic rings. The lowest BCUT2D eigenvalue weighted by Gasteiger charge is -2.14. The normalized spacial score (nSPS) is 12.2. The lowest BCUT2D eigenvalue weighted by atomic mass is 10.2. The highest BCUT2D eigenvalue weighted by atomic mass is 16.3.